The van der Waals surface area contributed by atoms with Gasteiger partial charge in [0.1, 0.15) is 12.2 Å². The molecule has 3 heterocycles. The van der Waals surface area contributed by atoms with Gasteiger partial charge in [-0.15, -0.1) is 0 Å². The van der Waals surface area contributed by atoms with Crippen molar-refractivity contribution in [1.82, 2.24) is 19.8 Å². The van der Waals surface area contributed by atoms with Crippen LogP contribution in [0.15, 0.2) is 23.0 Å². The topological polar surface area (TPSA) is 76.5 Å². The minimum Gasteiger partial charge on any atom is -0.464 e. The summed E-state index contributed by atoms with van der Waals surface area (Å²) in [6, 6.07) is 3.36. The van der Waals surface area contributed by atoms with E-state index < -0.39 is 36.7 Å². The smallest absolute Gasteiger partial charge is 0.406 e. The first-order valence-corrected chi connectivity index (χ1v) is 13.5. The highest BCUT2D eigenvalue weighted by Gasteiger charge is 2.31. The maximum absolute atomic E-state index is 13.1. The van der Waals surface area contributed by atoms with Crippen LogP contribution in [0.5, 0.6) is 5.19 Å². The number of amides is 1. The molecule has 2 aromatic rings. The van der Waals surface area contributed by atoms with Crippen LogP contribution in [-0.4, -0.2) is 58.2 Å². The molecule has 0 saturated heterocycles. The van der Waals surface area contributed by atoms with Crippen molar-refractivity contribution in [3.05, 3.63) is 44.8 Å². The Labute approximate surface area is 221 Å². The quantitative estimate of drug-likeness (QED) is 0.451. The van der Waals surface area contributed by atoms with Gasteiger partial charge in [-0.2, -0.15) is 13.2 Å². The van der Waals surface area contributed by atoms with Gasteiger partial charge in [-0.1, -0.05) is 17.4 Å². The molecule has 7 nitrogen and oxygen atoms in total. The molecule has 2 aromatic heterocycles. The second-order valence-electron chi connectivity index (χ2n) is 10.2. The minimum atomic E-state index is -4.61. The van der Waals surface area contributed by atoms with Gasteiger partial charge in [0.2, 0.25) is 0 Å². The fourth-order valence-corrected chi connectivity index (χ4v) is 5.86. The molecule has 0 bridgehead atoms. The van der Waals surface area contributed by atoms with Crippen LogP contribution in [0.2, 0.25) is 0 Å². The number of hydrogen-bond donors (Lipinski definition) is 1. The van der Waals surface area contributed by atoms with Crippen molar-refractivity contribution >= 4 is 17.2 Å². The van der Waals surface area contributed by atoms with Crippen molar-refractivity contribution in [1.29, 1.82) is 0 Å². The van der Waals surface area contributed by atoms with Crippen LogP contribution in [0.4, 0.5) is 22.0 Å². The maximum atomic E-state index is 13.1. The van der Waals surface area contributed by atoms with Gasteiger partial charge in [0.05, 0.1) is 5.69 Å². The second kappa shape index (κ2) is 11.7. The number of halogens is 5. The second-order valence-corrected chi connectivity index (χ2v) is 11.2. The summed E-state index contributed by atoms with van der Waals surface area (Å²) in [5.74, 6) is -3.11. The molecule has 0 spiro atoms. The number of rotatable bonds is 9. The standard InChI is InChI=1S/C25H31F5N4O3S/c1-24(26,27)15-37-23-32-18-13-33(12-10-20(18)38-23)11-9-16-5-7-17(8-6-16)31-22(36)19-3-2-4-21(35)34(19)14-25(28,29)30/h2-4,16-17H,5-15H2,1H3,(H,31,36). The molecule has 0 unspecified atom stereocenters. The van der Waals surface area contributed by atoms with E-state index >= 15 is 0 Å². The first-order chi connectivity index (χ1) is 17.9. The summed E-state index contributed by atoms with van der Waals surface area (Å²) in [6.07, 6.45) is 0.349. The third-order valence-electron chi connectivity index (χ3n) is 6.89. The summed E-state index contributed by atoms with van der Waals surface area (Å²) in [7, 11) is 0. The fourth-order valence-electron chi connectivity index (χ4n) is 4.95. The number of carbonyl (C=O) groups is 1. The average molecular weight is 563 g/mol. The van der Waals surface area contributed by atoms with Crippen molar-refractivity contribution in [2.75, 3.05) is 19.7 Å². The van der Waals surface area contributed by atoms with E-state index in [9.17, 15) is 31.5 Å². The summed E-state index contributed by atoms with van der Waals surface area (Å²) >= 11 is 1.33. The van der Waals surface area contributed by atoms with E-state index in [4.69, 9.17) is 4.74 Å². The monoisotopic (exact) mass is 562 g/mol. The van der Waals surface area contributed by atoms with E-state index in [1.54, 1.807) is 0 Å². The first kappa shape index (κ1) is 28.5. The predicted molar refractivity (Wildman–Crippen MR) is 132 cm³/mol. The van der Waals surface area contributed by atoms with Gasteiger partial charge in [-0.25, -0.2) is 13.8 Å². The Morgan fingerprint density at radius 1 is 1.18 bits per heavy atom. The average Bonchev–Trinajstić information content (AvgIpc) is 3.25. The van der Waals surface area contributed by atoms with Gasteiger partial charge in [0.25, 0.3) is 22.6 Å². The normalized spacial score (nSPS) is 20.7. The lowest BCUT2D eigenvalue weighted by Gasteiger charge is -2.32. The lowest BCUT2D eigenvalue weighted by atomic mass is 9.84. The Balaban J connectivity index is 1.22. The zero-order valence-corrected chi connectivity index (χ0v) is 21.8. The molecule has 38 heavy (non-hydrogen) atoms. The number of ether oxygens (including phenoxy) is 1. The molecule has 210 valence electrons. The first-order valence-electron chi connectivity index (χ1n) is 12.7. The molecule has 1 aliphatic heterocycles. The Bertz CT molecular complexity index is 1170. The van der Waals surface area contributed by atoms with Crippen molar-refractivity contribution in [3.8, 4) is 5.19 Å². The summed E-state index contributed by atoms with van der Waals surface area (Å²) in [6.45, 7) is 0.995. The van der Waals surface area contributed by atoms with E-state index in [2.05, 4.69) is 15.2 Å². The number of thiazole rings is 1. The molecule has 1 fully saturated rings. The highest BCUT2D eigenvalue weighted by Crippen LogP contribution is 2.32. The lowest BCUT2D eigenvalue weighted by molar-refractivity contribution is -0.141. The van der Waals surface area contributed by atoms with Crippen molar-refractivity contribution in [2.45, 2.75) is 76.7 Å². The SMILES string of the molecule is CC(F)(F)COc1nc2c(s1)CCN(CCC1CCC(NC(=O)c3cccc(=O)n3CC(F)(F)F)CC1)C2. The van der Waals surface area contributed by atoms with Crippen molar-refractivity contribution in [3.63, 3.8) is 0 Å². The minimum absolute atomic E-state index is 0.158. The third kappa shape index (κ3) is 7.98. The molecule has 13 heteroatoms. The number of pyridine rings is 1. The Morgan fingerprint density at radius 3 is 2.61 bits per heavy atom. The van der Waals surface area contributed by atoms with E-state index in [0.29, 0.717) is 29.9 Å². The number of carbonyl (C=O) groups excluding carboxylic acids is 1. The number of nitrogens with one attached hydrogen (secondary N) is 1. The van der Waals surface area contributed by atoms with Gasteiger partial charge >= 0.3 is 6.18 Å². The van der Waals surface area contributed by atoms with Crippen LogP contribution >= 0.6 is 11.3 Å². The van der Waals surface area contributed by atoms with Crippen LogP contribution < -0.4 is 15.6 Å². The Hall–Kier alpha value is -2.54. The van der Waals surface area contributed by atoms with Crippen molar-refractivity contribution < 1.29 is 31.5 Å². The van der Waals surface area contributed by atoms with Gasteiger partial charge in [-0.05, 0) is 57.1 Å². The molecule has 1 saturated carbocycles. The Morgan fingerprint density at radius 2 is 1.92 bits per heavy atom. The van der Waals surface area contributed by atoms with Crippen LogP contribution in [0.3, 0.4) is 0 Å². The number of alkyl halides is 5. The summed E-state index contributed by atoms with van der Waals surface area (Å²) < 4.78 is 70.4. The number of aromatic nitrogens is 2. The highest BCUT2D eigenvalue weighted by atomic mass is 32.1. The van der Waals surface area contributed by atoms with E-state index in [1.807, 2.05) is 0 Å². The molecule has 0 aromatic carbocycles. The number of fused-ring (bicyclic) bond motifs is 1. The number of nitrogens with zero attached hydrogens (tertiary/aromatic N) is 3. The molecule has 1 aliphatic carbocycles. The zero-order chi connectivity index (χ0) is 27.5. The van der Waals surface area contributed by atoms with E-state index in [0.717, 1.165) is 62.3 Å². The van der Waals surface area contributed by atoms with Crippen LogP contribution in [-0.2, 0) is 19.5 Å². The maximum Gasteiger partial charge on any atom is 0.406 e. The van der Waals surface area contributed by atoms with Gasteiger partial charge < -0.3 is 10.1 Å². The van der Waals surface area contributed by atoms with Crippen LogP contribution in [0.1, 0.15) is 60.1 Å². The lowest BCUT2D eigenvalue weighted by Crippen LogP contribution is -2.41. The molecule has 0 radical (unpaired) electrons. The highest BCUT2D eigenvalue weighted by molar-refractivity contribution is 7.13. The van der Waals surface area contributed by atoms with E-state index in [1.165, 1.54) is 23.5 Å². The van der Waals surface area contributed by atoms with Gasteiger partial charge in [-0.3, -0.25) is 19.1 Å². The van der Waals surface area contributed by atoms with Crippen molar-refractivity contribution in [2.24, 2.45) is 5.92 Å². The van der Waals surface area contributed by atoms with Crippen LogP contribution in [0, 0.1) is 5.92 Å². The third-order valence-corrected chi connectivity index (χ3v) is 7.96. The molecule has 0 atom stereocenters. The molecule has 1 N–H and O–H groups in total. The molecule has 2 aliphatic rings. The fraction of sp³-hybridized carbons (Fsp3) is 0.640. The summed E-state index contributed by atoms with van der Waals surface area (Å²) in [5, 5.41) is 3.09. The van der Waals surface area contributed by atoms with Gasteiger partial charge in [0, 0.05) is 37.0 Å². The molecule has 4 rings (SSSR count). The molecule has 1 amide bonds. The summed E-state index contributed by atoms with van der Waals surface area (Å²) in [5.41, 5.74) is -0.278. The van der Waals surface area contributed by atoms with Gasteiger partial charge in [0.15, 0.2) is 6.61 Å². The summed E-state index contributed by atoms with van der Waals surface area (Å²) in [4.78, 5) is 32.4. The molecular weight excluding hydrogens is 531 g/mol. The predicted octanol–water partition coefficient (Wildman–Crippen LogP) is 4.64. The Kier molecular flexibility index (Phi) is 8.75. The largest absolute Gasteiger partial charge is 0.464 e. The zero-order valence-electron chi connectivity index (χ0n) is 21.0. The molecular formula is C25H31F5N4O3S. The number of hydrogen-bond acceptors (Lipinski definition) is 6. The van der Waals surface area contributed by atoms with E-state index in [-0.39, 0.29) is 16.9 Å². The van der Waals surface area contributed by atoms with Crippen LogP contribution in [0.25, 0.3) is 0 Å².